The van der Waals surface area contributed by atoms with Gasteiger partial charge in [-0.25, -0.2) is 13.2 Å². The summed E-state index contributed by atoms with van der Waals surface area (Å²) in [6, 6.07) is 10.3. The van der Waals surface area contributed by atoms with Crippen molar-refractivity contribution in [2.45, 2.75) is 41.1 Å². The summed E-state index contributed by atoms with van der Waals surface area (Å²) in [7, 11) is -2.35. The average Bonchev–Trinajstić information content (AvgIpc) is 3.29. The number of amides is 1. The van der Waals surface area contributed by atoms with Gasteiger partial charge in [0.05, 0.1) is 11.5 Å². The summed E-state index contributed by atoms with van der Waals surface area (Å²) in [5.41, 5.74) is -0.444. The third-order valence-electron chi connectivity index (χ3n) is 7.50. The number of hydrogen-bond donors (Lipinski definition) is 2. The Bertz CT molecular complexity index is 1600. The predicted octanol–water partition coefficient (Wildman–Crippen LogP) is 4.03. The van der Waals surface area contributed by atoms with E-state index in [1.54, 1.807) is 17.0 Å². The van der Waals surface area contributed by atoms with E-state index in [1.165, 1.54) is 12.1 Å². The van der Waals surface area contributed by atoms with Gasteiger partial charge in [-0.3, -0.25) is 4.79 Å². The molecule has 1 aliphatic carbocycles. The van der Waals surface area contributed by atoms with Crippen LogP contribution in [0.5, 0.6) is 0 Å². The number of ether oxygens (including phenoxy) is 1. The van der Waals surface area contributed by atoms with Crippen LogP contribution in [-0.2, 0) is 32.2 Å². The molecule has 16 heteroatoms. The number of aromatic nitrogens is 1. The molecular formula is C27H29F3N4O7S2. The summed E-state index contributed by atoms with van der Waals surface area (Å²) in [6.07, 6.45) is -3.95. The Morgan fingerprint density at radius 2 is 1.93 bits per heavy atom. The summed E-state index contributed by atoms with van der Waals surface area (Å²) in [4.78, 5) is 28.5. The van der Waals surface area contributed by atoms with Gasteiger partial charge in [0.15, 0.2) is 0 Å². The molecule has 2 aromatic heterocycles. The van der Waals surface area contributed by atoms with Crippen molar-refractivity contribution in [1.29, 1.82) is 0 Å². The molecule has 0 radical (unpaired) electrons. The largest absolute Gasteiger partial charge is 0.480 e. The van der Waals surface area contributed by atoms with Gasteiger partial charge in [0.2, 0.25) is 5.76 Å². The summed E-state index contributed by atoms with van der Waals surface area (Å²) in [5.74, 6) is -3.30. The number of aryl methyl sites for hydroxylation is 1. The van der Waals surface area contributed by atoms with Crippen LogP contribution in [0.3, 0.4) is 0 Å². The number of carbonyl (C=O) groups excluding carboxylic acids is 1. The van der Waals surface area contributed by atoms with Crippen LogP contribution in [0, 0.1) is 0 Å². The Balaban J connectivity index is 1.20. The number of carboxylic acid groups (broad SMARTS) is 1. The van der Waals surface area contributed by atoms with E-state index in [0.29, 0.717) is 48.9 Å². The number of thiophene rings is 1. The molecule has 1 saturated carbocycles. The standard InChI is InChI=1S/C27H29F3N4O7S2/c1-33-9-11-34(12-10-33)25(37)40-13-3-5-17-4-2-6-18(14-17)19-16-26(19,24(35)36)32-43(38,39)23-8-7-21(42-23)20-15-22(41-31-20)27(28,29)30/h2,4,6-8,14-15,19,32H,3,5,9-13,16H2,1H3,(H,35,36). The second-order valence-corrected chi connectivity index (χ2v) is 13.6. The van der Waals surface area contributed by atoms with Crippen LogP contribution in [0.15, 0.2) is 51.2 Å². The third kappa shape index (κ3) is 6.87. The molecule has 2 aliphatic rings. The Kier molecular flexibility index (Phi) is 8.57. The first-order chi connectivity index (χ1) is 20.3. The molecular weight excluding hydrogens is 613 g/mol. The maximum atomic E-state index is 13.2. The first kappa shape index (κ1) is 31.0. The van der Waals surface area contributed by atoms with E-state index >= 15 is 0 Å². The van der Waals surface area contributed by atoms with E-state index < -0.39 is 39.4 Å². The van der Waals surface area contributed by atoms with E-state index in [0.717, 1.165) is 18.7 Å². The number of alkyl halides is 3. The van der Waals surface area contributed by atoms with Gasteiger partial charge in [0, 0.05) is 38.2 Å². The zero-order valence-electron chi connectivity index (χ0n) is 23.0. The van der Waals surface area contributed by atoms with Crippen LogP contribution < -0.4 is 4.72 Å². The molecule has 0 bridgehead atoms. The van der Waals surface area contributed by atoms with Gasteiger partial charge < -0.3 is 24.2 Å². The number of benzene rings is 1. The van der Waals surface area contributed by atoms with Gasteiger partial charge in [0.1, 0.15) is 15.4 Å². The molecule has 2 N–H and O–H groups in total. The normalized spacial score (nSPS) is 21.1. The van der Waals surface area contributed by atoms with Crippen LogP contribution in [0.1, 0.15) is 35.6 Å². The zero-order chi connectivity index (χ0) is 31.0. The number of nitrogens with zero attached hydrogens (tertiary/aromatic N) is 3. The number of hydrogen-bond acceptors (Lipinski definition) is 9. The van der Waals surface area contributed by atoms with E-state index in [4.69, 9.17) is 4.74 Å². The highest BCUT2D eigenvalue weighted by Gasteiger charge is 2.63. The van der Waals surface area contributed by atoms with Crippen molar-refractivity contribution >= 4 is 33.4 Å². The minimum absolute atomic E-state index is 0.0180. The van der Waals surface area contributed by atoms with Crippen molar-refractivity contribution in [1.82, 2.24) is 19.7 Å². The summed E-state index contributed by atoms with van der Waals surface area (Å²) in [5, 5.41) is 13.4. The molecule has 43 heavy (non-hydrogen) atoms. The number of halogens is 3. The molecule has 1 saturated heterocycles. The zero-order valence-corrected chi connectivity index (χ0v) is 24.6. The molecule has 3 heterocycles. The summed E-state index contributed by atoms with van der Waals surface area (Å²) in [6.45, 7) is 3.05. The minimum Gasteiger partial charge on any atom is -0.480 e. The highest BCUT2D eigenvalue weighted by Crippen LogP contribution is 2.53. The number of rotatable bonds is 10. The molecule has 232 valence electrons. The second kappa shape index (κ2) is 11.9. The lowest BCUT2D eigenvalue weighted by atomic mass is 10.0. The Hall–Kier alpha value is -3.47. The Morgan fingerprint density at radius 1 is 1.19 bits per heavy atom. The van der Waals surface area contributed by atoms with Crippen molar-refractivity contribution in [2.75, 3.05) is 39.8 Å². The molecule has 2 atom stereocenters. The fourth-order valence-corrected chi connectivity index (χ4v) is 7.62. The quantitative estimate of drug-likeness (QED) is 0.314. The lowest BCUT2D eigenvalue weighted by Crippen LogP contribution is -2.47. The maximum absolute atomic E-state index is 13.2. The van der Waals surface area contributed by atoms with Gasteiger partial charge in [0.25, 0.3) is 10.0 Å². The highest BCUT2D eigenvalue weighted by atomic mass is 32.2. The van der Waals surface area contributed by atoms with E-state index in [1.807, 2.05) is 19.2 Å². The first-order valence-electron chi connectivity index (χ1n) is 13.4. The van der Waals surface area contributed by atoms with Crippen molar-refractivity contribution in [3.63, 3.8) is 0 Å². The van der Waals surface area contributed by atoms with E-state index in [9.17, 15) is 36.3 Å². The lowest BCUT2D eigenvalue weighted by Gasteiger charge is -2.31. The number of aliphatic carboxylic acids is 1. The molecule has 2 fully saturated rings. The van der Waals surface area contributed by atoms with Gasteiger partial charge in [-0.2, -0.15) is 17.9 Å². The molecule has 5 rings (SSSR count). The van der Waals surface area contributed by atoms with Crippen LogP contribution >= 0.6 is 11.3 Å². The van der Waals surface area contributed by atoms with Gasteiger partial charge in [-0.05, 0) is 49.6 Å². The van der Waals surface area contributed by atoms with Gasteiger partial charge in [-0.15, -0.1) is 11.3 Å². The minimum atomic E-state index is -4.75. The van der Waals surface area contributed by atoms with Crippen molar-refractivity contribution in [3.8, 4) is 10.6 Å². The number of carbonyl (C=O) groups is 2. The molecule has 3 aromatic rings. The van der Waals surface area contributed by atoms with Crippen LogP contribution in [-0.4, -0.2) is 85.9 Å². The summed E-state index contributed by atoms with van der Waals surface area (Å²) >= 11 is 0.645. The average molecular weight is 643 g/mol. The lowest BCUT2D eigenvalue weighted by molar-refractivity contribution is -0.155. The molecule has 1 aliphatic heterocycles. The smallest absolute Gasteiger partial charge is 0.452 e. The van der Waals surface area contributed by atoms with Gasteiger partial charge >= 0.3 is 18.2 Å². The van der Waals surface area contributed by atoms with Gasteiger partial charge in [-0.1, -0.05) is 29.4 Å². The number of likely N-dealkylation sites (N-methyl/N-ethyl adjacent to an activating group) is 1. The number of nitrogens with one attached hydrogen (secondary N) is 1. The molecule has 2 unspecified atom stereocenters. The number of carboxylic acids is 1. The summed E-state index contributed by atoms with van der Waals surface area (Å²) < 4.78 is 76.6. The number of piperazine rings is 1. The molecule has 1 amide bonds. The molecule has 0 spiro atoms. The molecule has 1 aromatic carbocycles. The predicted molar refractivity (Wildman–Crippen MR) is 148 cm³/mol. The van der Waals surface area contributed by atoms with Crippen molar-refractivity contribution in [3.05, 3.63) is 59.4 Å². The van der Waals surface area contributed by atoms with Crippen LogP contribution in [0.4, 0.5) is 18.0 Å². The van der Waals surface area contributed by atoms with E-state index in [-0.39, 0.29) is 33.9 Å². The maximum Gasteiger partial charge on any atom is 0.452 e. The third-order valence-corrected chi connectivity index (χ3v) is 10.6. The monoisotopic (exact) mass is 642 g/mol. The van der Waals surface area contributed by atoms with Crippen molar-refractivity contribution in [2.24, 2.45) is 0 Å². The molecule has 11 nitrogen and oxygen atoms in total. The highest BCUT2D eigenvalue weighted by molar-refractivity contribution is 7.91. The first-order valence-corrected chi connectivity index (χ1v) is 15.7. The van der Waals surface area contributed by atoms with Crippen LogP contribution in [0.25, 0.3) is 10.6 Å². The fourth-order valence-electron chi connectivity index (χ4n) is 4.96. The van der Waals surface area contributed by atoms with E-state index in [2.05, 4.69) is 19.3 Å². The van der Waals surface area contributed by atoms with Crippen LogP contribution in [0.2, 0.25) is 0 Å². The Labute approximate surface area is 249 Å². The number of sulfonamides is 1. The fraction of sp³-hybridized carbons (Fsp3) is 0.444. The topological polar surface area (TPSA) is 142 Å². The Morgan fingerprint density at radius 3 is 2.60 bits per heavy atom. The second-order valence-electron chi connectivity index (χ2n) is 10.6. The SMILES string of the molecule is CN1CCN(C(=O)OCCCc2cccc(C3CC3(NS(=O)(=O)c3ccc(-c4cc(C(F)(F)F)on4)s3)C(=O)O)c2)CC1. The van der Waals surface area contributed by atoms with Crippen molar-refractivity contribution < 1.29 is 45.5 Å².